The van der Waals surface area contributed by atoms with Crippen molar-refractivity contribution in [3.63, 3.8) is 0 Å². The normalized spacial score (nSPS) is 16.8. The van der Waals surface area contributed by atoms with Crippen LogP contribution in [0.1, 0.15) is 47.4 Å². The largest absolute Gasteiger partial charge is 0.371 e. The summed E-state index contributed by atoms with van der Waals surface area (Å²) in [5.74, 6) is 0.245. The van der Waals surface area contributed by atoms with E-state index >= 15 is 0 Å². The number of carbonyl (C=O) groups is 1. The van der Waals surface area contributed by atoms with Crippen LogP contribution >= 0.6 is 0 Å². The minimum absolute atomic E-state index is 0.231. The second kappa shape index (κ2) is 9.18. The molecule has 1 saturated heterocycles. The fraction of sp³-hybridized carbons (Fsp3) is 0.462. The van der Waals surface area contributed by atoms with E-state index in [-0.39, 0.29) is 5.91 Å². The van der Waals surface area contributed by atoms with Crippen LogP contribution in [-0.4, -0.2) is 61.8 Å². The van der Waals surface area contributed by atoms with Gasteiger partial charge in [0.25, 0.3) is 5.91 Å². The van der Waals surface area contributed by atoms with Crippen molar-refractivity contribution in [1.82, 2.24) is 29.5 Å². The Morgan fingerprint density at radius 3 is 2.61 bits per heavy atom. The number of piperidine rings is 1. The van der Waals surface area contributed by atoms with E-state index in [0.29, 0.717) is 41.6 Å². The second-order valence-electron chi connectivity index (χ2n) is 10.1. The number of fused-ring (bicyclic) bond motifs is 2. The Morgan fingerprint density at radius 1 is 1.08 bits per heavy atom. The van der Waals surface area contributed by atoms with Gasteiger partial charge in [-0.3, -0.25) is 14.5 Å². The Labute approximate surface area is 209 Å². The summed E-state index contributed by atoms with van der Waals surface area (Å²) in [6.07, 6.45) is 11.2. The second-order valence-corrected chi connectivity index (χ2v) is 10.1. The standard InChI is InChI=1S/C26H33N9O/c1-16-13-35-15-23(30-25(35)21(28-16)7-10-27)31-26(36)19-5-6-22(20-14-33(2)32-24(19)20)34-11-8-18(9-12-34)29-17-3-4-17/h5-6,13-15,17-18,29H,3-4,7-12,27H2,1-2H3,(H,31,36). The molecule has 0 radical (unpaired) electrons. The van der Waals surface area contributed by atoms with E-state index in [4.69, 9.17) is 5.73 Å². The first-order valence-electron chi connectivity index (χ1n) is 12.8. The van der Waals surface area contributed by atoms with Gasteiger partial charge in [0.05, 0.1) is 23.1 Å². The third kappa shape index (κ3) is 4.42. The molecule has 4 aromatic rings. The molecule has 2 fully saturated rings. The highest BCUT2D eigenvalue weighted by molar-refractivity contribution is 6.13. The van der Waals surface area contributed by atoms with Crippen molar-refractivity contribution in [3.8, 4) is 0 Å². The smallest absolute Gasteiger partial charge is 0.259 e. The monoisotopic (exact) mass is 487 g/mol. The summed E-state index contributed by atoms with van der Waals surface area (Å²) in [6.45, 7) is 4.42. The van der Waals surface area contributed by atoms with Crippen LogP contribution in [0.25, 0.3) is 16.6 Å². The molecule has 0 unspecified atom stereocenters. The number of aromatic nitrogens is 5. The van der Waals surface area contributed by atoms with Crippen LogP contribution in [-0.2, 0) is 13.5 Å². The number of hydrogen-bond acceptors (Lipinski definition) is 7. The number of benzene rings is 1. The van der Waals surface area contributed by atoms with Gasteiger partial charge >= 0.3 is 0 Å². The summed E-state index contributed by atoms with van der Waals surface area (Å²) in [5, 5.41) is 12.4. The van der Waals surface area contributed by atoms with Gasteiger partial charge in [0.1, 0.15) is 5.52 Å². The van der Waals surface area contributed by atoms with Crippen LogP contribution < -0.4 is 21.3 Å². The highest BCUT2D eigenvalue weighted by atomic mass is 16.1. The molecule has 10 heteroatoms. The number of aryl methyl sites for hydroxylation is 2. The van der Waals surface area contributed by atoms with Crippen LogP contribution in [0.4, 0.5) is 11.5 Å². The molecule has 1 aromatic carbocycles. The van der Waals surface area contributed by atoms with Gasteiger partial charge in [0.15, 0.2) is 11.5 Å². The summed E-state index contributed by atoms with van der Waals surface area (Å²) in [7, 11) is 1.90. The van der Waals surface area contributed by atoms with E-state index in [0.717, 1.165) is 54.4 Å². The molecule has 4 heterocycles. The topological polar surface area (TPSA) is 118 Å². The molecule has 0 atom stereocenters. The van der Waals surface area contributed by atoms with Crippen molar-refractivity contribution in [1.29, 1.82) is 0 Å². The summed E-state index contributed by atoms with van der Waals surface area (Å²) in [4.78, 5) is 25.0. The molecule has 188 valence electrons. The predicted molar refractivity (Wildman–Crippen MR) is 141 cm³/mol. The van der Waals surface area contributed by atoms with E-state index in [1.807, 2.05) is 43.0 Å². The zero-order chi connectivity index (χ0) is 24.8. The summed E-state index contributed by atoms with van der Waals surface area (Å²) < 4.78 is 3.68. The first-order valence-corrected chi connectivity index (χ1v) is 12.8. The van der Waals surface area contributed by atoms with E-state index in [9.17, 15) is 4.79 Å². The van der Waals surface area contributed by atoms with Crippen molar-refractivity contribution < 1.29 is 4.79 Å². The van der Waals surface area contributed by atoms with Crippen molar-refractivity contribution in [2.75, 3.05) is 29.9 Å². The number of hydrogen-bond donors (Lipinski definition) is 3. The number of nitrogens with two attached hydrogens (primary N) is 1. The van der Waals surface area contributed by atoms with Crippen molar-refractivity contribution in [3.05, 3.63) is 47.7 Å². The van der Waals surface area contributed by atoms with E-state index < -0.39 is 0 Å². The van der Waals surface area contributed by atoms with E-state index in [1.165, 1.54) is 12.8 Å². The van der Waals surface area contributed by atoms with Gasteiger partial charge in [-0.15, -0.1) is 0 Å². The van der Waals surface area contributed by atoms with Crippen molar-refractivity contribution >= 4 is 34.0 Å². The molecule has 2 aliphatic rings. The minimum atomic E-state index is -0.231. The Kier molecular flexibility index (Phi) is 5.85. The maximum atomic E-state index is 13.4. The lowest BCUT2D eigenvalue weighted by molar-refractivity contribution is 0.102. The maximum Gasteiger partial charge on any atom is 0.259 e. The van der Waals surface area contributed by atoms with Gasteiger partial charge in [0.2, 0.25) is 0 Å². The van der Waals surface area contributed by atoms with E-state index in [2.05, 4.69) is 36.7 Å². The number of nitrogens with zero attached hydrogens (tertiary/aromatic N) is 6. The minimum Gasteiger partial charge on any atom is -0.371 e. The SMILES string of the molecule is Cc1cn2cc(NC(=O)c3ccc(N4CCC(NC5CC5)CC4)c4cn(C)nc34)nc2c(CCN)n1. The molecule has 0 spiro atoms. The Hall–Kier alpha value is -3.50. The Morgan fingerprint density at radius 2 is 1.86 bits per heavy atom. The van der Waals surface area contributed by atoms with Gasteiger partial charge in [-0.2, -0.15) is 5.10 Å². The van der Waals surface area contributed by atoms with Gasteiger partial charge in [-0.05, 0) is 51.3 Å². The zero-order valence-corrected chi connectivity index (χ0v) is 20.9. The van der Waals surface area contributed by atoms with Crippen LogP contribution in [0.2, 0.25) is 0 Å². The molecule has 1 aliphatic carbocycles. The fourth-order valence-electron chi connectivity index (χ4n) is 5.28. The molecule has 0 bridgehead atoms. The Bertz CT molecular complexity index is 1430. The molecular formula is C26H33N9O. The molecular weight excluding hydrogens is 454 g/mol. The molecule has 10 nitrogen and oxygen atoms in total. The molecule has 1 aliphatic heterocycles. The van der Waals surface area contributed by atoms with Crippen LogP contribution in [0.3, 0.4) is 0 Å². The highest BCUT2D eigenvalue weighted by Crippen LogP contribution is 2.32. The fourth-order valence-corrected chi connectivity index (χ4v) is 5.28. The first kappa shape index (κ1) is 22.9. The average molecular weight is 488 g/mol. The molecule has 4 N–H and O–H groups in total. The lowest BCUT2D eigenvalue weighted by Crippen LogP contribution is -2.43. The number of amides is 1. The zero-order valence-electron chi connectivity index (χ0n) is 20.9. The number of carbonyl (C=O) groups excluding carboxylic acids is 1. The van der Waals surface area contributed by atoms with Crippen LogP contribution in [0.15, 0.2) is 30.7 Å². The van der Waals surface area contributed by atoms with Gasteiger partial charge < -0.3 is 25.7 Å². The summed E-state index contributed by atoms with van der Waals surface area (Å²) in [5.41, 5.74) is 10.5. The third-order valence-corrected chi connectivity index (χ3v) is 7.15. The number of rotatable bonds is 7. The van der Waals surface area contributed by atoms with Crippen molar-refractivity contribution in [2.24, 2.45) is 12.8 Å². The van der Waals surface area contributed by atoms with Gasteiger partial charge in [0, 0.05) is 62.1 Å². The quantitative estimate of drug-likeness (QED) is 0.366. The highest BCUT2D eigenvalue weighted by Gasteiger charge is 2.28. The number of imidazole rings is 1. The molecule has 36 heavy (non-hydrogen) atoms. The summed E-state index contributed by atoms with van der Waals surface area (Å²) in [6, 6.07) is 5.29. The molecule has 6 rings (SSSR count). The molecule has 3 aromatic heterocycles. The average Bonchev–Trinajstić information content (AvgIpc) is 3.43. The molecule has 1 amide bonds. The number of nitrogens with one attached hydrogen (secondary N) is 2. The molecule has 1 saturated carbocycles. The van der Waals surface area contributed by atoms with Gasteiger partial charge in [-0.1, -0.05) is 0 Å². The lowest BCUT2D eigenvalue weighted by Gasteiger charge is -2.34. The van der Waals surface area contributed by atoms with Crippen LogP contribution in [0.5, 0.6) is 0 Å². The van der Waals surface area contributed by atoms with Crippen molar-refractivity contribution in [2.45, 2.75) is 51.1 Å². The third-order valence-electron chi connectivity index (χ3n) is 7.15. The lowest BCUT2D eigenvalue weighted by atomic mass is 10.0. The maximum absolute atomic E-state index is 13.4. The van der Waals surface area contributed by atoms with E-state index in [1.54, 1.807) is 4.68 Å². The van der Waals surface area contributed by atoms with Crippen LogP contribution in [0, 0.1) is 6.92 Å². The summed E-state index contributed by atoms with van der Waals surface area (Å²) >= 11 is 0. The van der Waals surface area contributed by atoms with Gasteiger partial charge in [-0.25, -0.2) is 4.98 Å². The predicted octanol–water partition coefficient (Wildman–Crippen LogP) is 2.40. The number of anilines is 2. The first-order chi connectivity index (χ1) is 17.5. The Balaban J connectivity index is 1.25.